The number of nitrogens with zero attached hydrogens (tertiary/aromatic N) is 1. The van der Waals surface area contributed by atoms with Crippen molar-refractivity contribution in [1.82, 2.24) is 5.32 Å². The highest BCUT2D eigenvalue weighted by Crippen LogP contribution is 2.43. The molecule has 3 atom stereocenters. The van der Waals surface area contributed by atoms with Crippen molar-refractivity contribution in [3.63, 3.8) is 0 Å². The highest BCUT2D eigenvalue weighted by molar-refractivity contribution is 7.47. The van der Waals surface area contributed by atoms with Gasteiger partial charge in [-0.25, -0.2) is 4.57 Å². The van der Waals surface area contributed by atoms with Crippen molar-refractivity contribution in [3.05, 3.63) is 36.5 Å². The highest BCUT2D eigenvalue weighted by atomic mass is 31.2. The van der Waals surface area contributed by atoms with Crippen molar-refractivity contribution in [1.29, 1.82) is 0 Å². The lowest BCUT2D eigenvalue weighted by Crippen LogP contribution is -2.47. The molecule has 0 aliphatic carbocycles. The molecular formula is C62H120N2O7P+. The quantitative estimate of drug-likeness (QED) is 0.0205. The summed E-state index contributed by atoms with van der Waals surface area (Å²) < 4.78 is 30.6. The van der Waals surface area contributed by atoms with Gasteiger partial charge in [-0.05, 0) is 63.9 Å². The minimum Gasteiger partial charge on any atom is -0.456 e. The summed E-state index contributed by atoms with van der Waals surface area (Å²) >= 11 is 0. The molecule has 0 aliphatic heterocycles. The number of amides is 1. The van der Waals surface area contributed by atoms with E-state index in [0.717, 1.165) is 64.2 Å². The molecule has 0 spiro atoms. The summed E-state index contributed by atoms with van der Waals surface area (Å²) in [6.07, 6.45) is 62.8. The third-order valence-electron chi connectivity index (χ3n) is 13.8. The van der Waals surface area contributed by atoms with Crippen LogP contribution in [0.1, 0.15) is 297 Å². The standard InChI is InChI=1S/C62H119N2O7P/c1-7-10-13-16-19-22-25-27-28-29-30-31-32-33-34-35-36-37-40-43-46-49-52-55-62(66)71-60(53-50-47-44-41-39-26-23-20-17-14-11-8-2)59(58-70-72(67,68)69-57-56-64(4,5)6)63-61(65)54-51-48-45-42-38-24-21-18-15-12-9-3/h19,22,27-28,50,53,59-60H,7-18,20-21,23-26,29-49,51-52,54-58H2,1-6H3,(H-,63,65,67,68)/p+1/b22-19-,28-27-,53-50-. The van der Waals surface area contributed by atoms with Crippen LogP contribution >= 0.6 is 7.82 Å². The number of phosphoric acid groups is 1. The normalized spacial score (nSPS) is 13.9. The van der Waals surface area contributed by atoms with Crippen LogP contribution in [0.2, 0.25) is 0 Å². The van der Waals surface area contributed by atoms with Gasteiger partial charge in [0.25, 0.3) is 0 Å². The number of nitrogens with one attached hydrogen (secondary N) is 1. The molecule has 1 amide bonds. The number of likely N-dealkylation sites (N-methyl/N-ethyl adjacent to an activating group) is 1. The first kappa shape index (κ1) is 70.2. The largest absolute Gasteiger partial charge is 0.472 e. The summed E-state index contributed by atoms with van der Waals surface area (Å²) in [6, 6.07) is -0.842. The number of phosphoric ester groups is 1. The van der Waals surface area contributed by atoms with Gasteiger partial charge in [0, 0.05) is 12.8 Å². The van der Waals surface area contributed by atoms with Crippen LogP contribution in [-0.2, 0) is 27.9 Å². The Morgan fingerprint density at radius 1 is 0.486 bits per heavy atom. The van der Waals surface area contributed by atoms with Crippen LogP contribution in [0, 0.1) is 0 Å². The van der Waals surface area contributed by atoms with Crippen LogP contribution in [0.25, 0.3) is 0 Å². The number of hydrogen-bond donors (Lipinski definition) is 2. The molecule has 0 aromatic heterocycles. The van der Waals surface area contributed by atoms with Crippen LogP contribution in [0.5, 0.6) is 0 Å². The Labute approximate surface area is 446 Å². The third kappa shape index (κ3) is 53.1. The zero-order chi connectivity index (χ0) is 52.9. The minimum atomic E-state index is -4.44. The molecule has 3 unspecified atom stereocenters. The number of carbonyl (C=O) groups excluding carboxylic acids is 2. The van der Waals surface area contributed by atoms with E-state index in [4.69, 9.17) is 13.8 Å². The smallest absolute Gasteiger partial charge is 0.456 e. The van der Waals surface area contributed by atoms with Crippen LogP contribution in [0.4, 0.5) is 0 Å². The number of quaternary nitrogens is 1. The molecule has 0 aliphatic rings. The van der Waals surface area contributed by atoms with Crippen molar-refractivity contribution in [3.8, 4) is 0 Å². The number of rotatable bonds is 56. The highest BCUT2D eigenvalue weighted by Gasteiger charge is 2.30. The maximum atomic E-state index is 13.5. The van der Waals surface area contributed by atoms with Crippen molar-refractivity contribution >= 4 is 19.7 Å². The fourth-order valence-corrected chi connectivity index (χ4v) is 9.77. The van der Waals surface area contributed by atoms with Gasteiger partial charge in [-0.1, -0.05) is 257 Å². The molecule has 0 bridgehead atoms. The van der Waals surface area contributed by atoms with E-state index in [1.807, 2.05) is 33.3 Å². The van der Waals surface area contributed by atoms with Gasteiger partial charge in [-0.15, -0.1) is 0 Å². The number of ether oxygens (including phenoxy) is 1. The molecule has 72 heavy (non-hydrogen) atoms. The van der Waals surface area contributed by atoms with Crippen LogP contribution < -0.4 is 5.32 Å². The lowest BCUT2D eigenvalue weighted by Gasteiger charge is -2.27. The summed E-state index contributed by atoms with van der Waals surface area (Å²) in [6.45, 7) is 7.00. The average molecular weight is 1040 g/mol. The van der Waals surface area contributed by atoms with Gasteiger partial charge in [0.2, 0.25) is 5.91 Å². The molecule has 0 aromatic carbocycles. The van der Waals surface area contributed by atoms with Crippen LogP contribution in [0.15, 0.2) is 36.5 Å². The molecule has 0 fully saturated rings. The number of carbonyl (C=O) groups is 2. The second kappa shape index (κ2) is 52.7. The van der Waals surface area contributed by atoms with Crippen molar-refractivity contribution < 1.29 is 37.3 Å². The molecule has 424 valence electrons. The zero-order valence-corrected chi connectivity index (χ0v) is 49.3. The SMILES string of the molecule is CCCCC/C=C\C/C=C\CCCCCCCCCCCCCCCC(=O)OC(/C=C\CCCCCCCCCCCC)C(COP(=O)(O)OCC[N+](C)(C)C)NC(=O)CCCCCCCCCCCCC. The molecule has 0 heterocycles. The molecule has 10 heteroatoms. The van der Waals surface area contributed by atoms with E-state index in [9.17, 15) is 19.0 Å². The Bertz CT molecular complexity index is 1330. The fourth-order valence-electron chi connectivity index (χ4n) is 9.03. The van der Waals surface area contributed by atoms with Gasteiger partial charge in [0.15, 0.2) is 0 Å². The fraction of sp³-hybridized carbons (Fsp3) is 0.871. The molecule has 0 saturated heterocycles. The first-order valence-corrected chi connectivity index (χ1v) is 32.3. The monoisotopic (exact) mass is 1040 g/mol. The Morgan fingerprint density at radius 2 is 0.847 bits per heavy atom. The second-order valence-electron chi connectivity index (χ2n) is 22.2. The molecule has 0 rings (SSSR count). The number of esters is 1. The van der Waals surface area contributed by atoms with Gasteiger partial charge in [0.1, 0.15) is 19.3 Å². The first-order valence-electron chi connectivity index (χ1n) is 30.8. The summed E-state index contributed by atoms with van der Waals surface area (Å²) in [5, 5.41) is 3.05. The van der Waals surface area contributed by atoms with Crippen LogP contribution in [-0.4, -0.2) is 74.3 Å². The maximum absolute atomic E-state index is 13.5. The summed E-state index contributed by atoms with van der Waals surface area (Å²) in [4.78, 5) is 37.6. The Kier molecular flexibility index (Phi) is 51.4. The summed E-state index contributed by atoms with van der Waals surface area (Å²) in [5.41, 5.74) is 0. The predicted molar refractivity (Wildman–Crippen MR) is 309 cm³/mol. The number of unbranched alkanes of at least 4 members (excludes halogenated alkanes) is 36. The summed E-state index contributed by atoms with van der Waals surface area (Å²) in [5.74, 6) is -0.495. The van der Waals surface area contributed by atoms with Crippen molar-refractivity contribution in [2.24, 2.45) is 0 Å². The van der Waals surface area contributed by atoms with E-state index in [2.05, 4.69) is 50.4 Å². The lowest BCUT2D eigenvalue weighted by atomic mass is 10.0. The van der Waals surface area contributed by atoms with E-state index in [-0.39, 0.29) is 25.1 Å². The topological polar surface area (TPSA) is 111 Å². The number of allylic oxidation sites excluding steroid dienone is 5. The summed E-state index contributed by atoms with van der Waals surface area (Å²) in [7, 11) is 1.51. The Hall–Kier alpha value is -1.77. The predicted octanol–water partition coefficient (Wildman–Crippen LogP) is 18.7. The van der Waals surface area contributed by atoms with Crippen molar-refractivity contribution in [2.45, 2.75) is 309 Å². The Balaban J connectivity index is 5.11. The molecule has 0 aromatic rings. The third-order valence-corrected chi connectivity index (χ3v) is 14.8. The minimum absolute atomic E-state index is 0.0428. The van der Waals surface area contributed by atoms with E-state index in [0.29, 0.717) is 23.9 Å². The average Bonchev–Trinajstić information content (AvgIpc) is 3.34. The maximum Gasteiger partial charge on any atom is 0.472 e. The zero-order valence-electron chi connectivity index (χ0n) is 48.4. The lowest BCUT2D eigenvalue weighted by molar-refractivity contribution is -0.870. The Morgan fingerprint density at radius 3 is 1.28 bits per heavy atom. The van der Waals surface area contributed by atoms with Gasteiger partial charge >= 0.3 is 13.8 Å². The van der Waals surface area contributed by atoms with Gasteiger partial charge in [-0.3, -0.25) is 18.6 Å². The van der Waals surface area contributed by atoms with Gasteiger partial charge in [-0.2, -0.15) is 0 Å². The molecule has 0 radical (unpaired) electrons. The molecular weight excluding hydrogens is 916 g/mol. The van der Waals surface area contributed by atoms with E-state index in [1.54, 1.807) is 0 Å². The second-order valence-corrected chi connectivity index (χ2v) is 23.7. The van der Waals surface area contributed by atoms with Gasteiger partial charge < -0.3 is 19.4 Å². The van der Waals surface area contributed by atoms with Crippen LogP contribution in [0.3, 0.4) is 0 Å². The van der Waals surface area contributed by atoms with E-state index >= 15 is 0 Å². The number of hydrogen-bond acceptors (Lipinski definition) is 6. The van der Waals surface area contributed by atoms with E-state index < -0.39 is 20.0 Å². The first-order chi connectivity index (χ1) is 34.9. The molecule has 9 nitrogen and oxygen atoms in total. The molecule has 2 N–H and O–H groups in total. The van der Waals surface area contributed by atoms with Gasteiger partial charge in [0.05, 0.1) is 33.8 Å². The van der Waals surface area contributed by atoms with E-state index in [1.165, 1.54) is 199 Å². The molecule has 0 saturated carbocycles. The van der Waals surface area contributed by atoms with Crippen molar-refractivity contribution in [2.75, 3.05) is 40.9 Å².